The van der Waals surface area contributed by atoms with Gasteiger partial charge in [0.1, 0.15) is 5.54 Å². The Hall–Kier alpha value is -0.610. The molecule has 0 unspecified atom stereocenters. The summed E-state index contributed by atoms with van der Waals surface area (Å²) in [5.74, 6) is 0.297. The van der Waals surface area contributed by atoms with Crippen molar-refractivity contribution in [3.05, 3.63) is 0 Å². The molecule has 0 radical (unpaired) electrons. The predicted octanol–water partition coefficient (Wildman–Crippen LogP) is -0.861. The van der Waals surface area contributed by atoms with E-state index < -0.39 is 5.54 Å². The Balaban J connectivity index is 2.01. The number of hydrogen-bond donors (Lipinski definition) is 2. The zero-order valence-electron chi connectivity index (χ0n) is 8.16. The molecule has 1 aliphatic carbocycles. The van der Waals surface area contributed by atoms with Crippen LogP contribution in [0, 0.1) is 11.8 Å². The van der Waals surface area contributed by atoms with Crippen molar-refractivity contribution in [1.29, 1.82) is 0 Å². The van der Waals surface area contributed by atoms with E-state index in [1.54, 1.807) is 0 Å². The van der Waals surface area contributed by atoms with Gasteiger partial charge in [-0.15, -0.1) is 0 Å². The van der Waals surface area contributed by atoms with Crippen molar-refractivity contribution in [3.63, 3.8) is 0 Å². The van der Waals surface area contributed by atoms with Crippen molar-refractivity contribution in [2.75, 3.05) is 13.1 Å². The average molecular weight is 183 g/mol. The van der Waals surface area contributed by atoms with Crippen LogP contribution < -0.4 is 11.5 Å². The van der Waals surface area contributed by atoms with Gasteiger partial charge in [-0.1, -0.05) is 0 Å². The van der Waals surface area contributed by atoms with Gasteiger partial charge < -0.3 is 16.4 Å². The minimum atomic E-state index is -0.675. The Bertz CT molecular complexity index is 239. The van der Waals surface area contributed by atoms with Crippen LogP contribution in [0.2, 0.25) is 0 Å². The molecule has 4 N–H and O–H groups in total. The molecule has 1 amide bonds. The number of carbonyl (C=O) groups excluding carboxylic acids is 1. The van der Waals surface area contributed by atoms with Gasteiger partial charge in [0, 0.05) is 31.0 Å². The molecule has 2 rings (SSSR count). The fourth-order valence-electron chi connectivity index (χ4n) is 2.49. The lowest BCUT2D eigenvalue weighted by atomic mass is 10.1. The van der Waals surface area contributed by atoms with Crippen molar-refractivity contribution >= 4 is 5.91 Å². The van der Waals surface area contributed by atoms with Crippen LogP contribution in [0.15, 0.2) is 0 Å². The minimum Gasteiger partial charge on any atom is -0.368 e. The standard InChI is InChI=1S/C9H17N3O/c1-5(2)12-3-6-7(4-12)9(6,11)8(10)13/h5-7H,3-4,11H2,1-2H3,(H2,10,13)/t6-,7+,9-. The molecule has 1 heterocycles. The number of nitrogens with two attached hydrogens (primary N) is 2. The van der Waals surface area contributed by atoms with Crippen LogP contribution in [-0.4, -0.2) is 35.5 Å². The summed E-state index contributed by atoms with van der Waals surface area (Å²) in [6, 6.07) is 0.546. The number of likely N-dealkylation sites (tertiary alicyclic amines) is 1. The van der Waals surface area contributed by atoms with Gasteiger partial charge >= 0.3 is 0 Å². The van der Waals surface area contributed by atoms with Gasteiger partial charge in [0.2, 0.25) is 5.91 Å². The van der Waals surface area contributed by atoms with Crippen molar-refractivity contribution in [3.8, 4) is 0 Å². The monoisotopic (exact) mass is 183 g/mol. The SMILES string of the molecule is CC(C)N1C[C@@H]2[C@H](C1)[C@@]2(N)C(N)=O. The van der Waals surface area contributed by atoms with Gasteiger partial charge in [0.25, 0.3) is 0 Å². The van der Waals surface area contributed by atoms with E-state index in [1.807, 2.05) is 0 Å². The highest BCUT2D eigenvalue weighted by Gasteiger charge is 2.69. The summed E-state index contributed by atoms with van der Waals surface area (Å²) in [5, 5.41) is 0. The second-order valence-corrected chi connectivity index (χ2v) is 4.56. The summed E-state index contributed by atoms with van der Waals surface area (Å²) < 4.78 is 0. The van der Waals surface area contributed by atoms with Crippen molar-refractivity contribution in [2.45, 2.75) is 25.4 Å². The largest absolute Gasteiger partial charge is 0.368 e. The highest BCUT2D eigenvalue weighted by molar-refractivity contribution is 5.89. The summed E-state index contributed by atoms with van der Waals surface area (Å²) in [6.45, 7) is 6.18. The highest BCUT2D eigenvalue weighted by atomic mass is 16.1. The molecular formula is C9H17N3O. The normalized spacial score (nSPS) is 43.7. The number of amides is 1. The first kappa shape index (κ1) is 8.97. The van der Waals surface area contributed by atoms with Crippen molar-refractivity contribution in [1.82, 2.24) is 4.90 Å². The second kappa shape index (κ2) is 2.45. The maximum Gasteiger partial charge on any atom is 0.238 e. The Morgan fingerprint density at radius 1 is 1.46 bits per heavy atom. The van der Waals surface area contributed by atoms with Crippen LogP contribution in [-0.2, 0) is 4.79 Å². The molecule has 74 valence electrons. The topological polar surface area (TPSA) is 72.3 Å². The smallest absolute Gasteiger partial charge is 0.238 e. The molecule has 0 spiro atoms. The molecule has 1 saturated heterocycles. The van der Waals surface area contributed by atoms with Gasteiger partial charge in [-0.25, -0.2) is 0 Å². The Labute approximate surface area is 78.2 Å². The van der Waals surface area contributed by atoms with E-state index in [0.717, 1.165) is 13.1 Å². The van der Waals surface area contributed by atoms with Gasteiger partial charge in [-0.05, 0) is 13.8 Å². The molecule has 4 heteroatoms. The van der Waals surface area contributed by atoms with Gasteiger partial charge in [-0.3, -0.25) is 4.79 Å². The zero-order valence-corrected chi connectivity index (χ0v) is 8.16. The minimum absolute atomic E-state index is 0.312. The van der Waals surface area contributed by atoms with E-state index >= 15 is 0 Å². The summed E-state index contributed by atoms with van der Waals surface area (Å²) >= 11 is 0. The zero-order chi connectivity index (χ0) is 9.80. The molecule has 0 aromatic heterocycles. The van der Waals surface area contributed by atoms with Crippen LogP contribution in [0.5, 0.6) is 0 Å². The summed E-state index contributed by atoms with van der Waals surface area (Å²) in [6.07, 6.45) is 0. The molecule has 0 aromatic rings. The third-order valence-electron chi connectivity index (χ3n) is 3.62. The Morgan fingerprint density at radius 2 is 1.92 bits per heavy atom. The first-order valence-electron chi connectivity index (χ1n) is 4.80. The average Bonchev–Trinajstić information content (AvgIpc) is 2.49. The maximum absolute atomic E-state index is 11.1. The highest BCUT2D eigenvalue weighted by Crippen LogP contribution is 2.53. The number of hydrogen-bond acceptors (Lipinski definition) is 3. The maximum atomic E-state index is 11.1. The lowest BCUT2D eigenvalue weighted by molar-refractivity contribution is -0.121. The molecule has 2 aliphatic rings. The van der Waals surface area contributed by atoms with E-state index in [-0.39, 0.29) is 5.91 Å². The van der Waals surface area contributed by atoms with Crippen molar-refractivity contribution < 1.29 is 4.79 Å². The third-order valence-corrected chi connectivity index (χ3v) is 3.62. The number of carbonyl (C=O) groups is 1. The summed E-state index contributed by atoms with van der Waals surface area (Å²) in [5.41, 5.74) is 10.5. The first-order valence-corrected chi connectivity index (χ1v) is 4.80. The fourth-order valence-corrected chi connectivity index (χ4v) is 2.49. The molecule has 13 heavy (non-hydrogen) atoms. The van der Waals surface area contributed by atoms with Crippen LogP contribution >= 0.6 is 0 Å². The fraction of sp³-hybridized carbons (Fsp3) is 0.889. The van der Waals surface area contributed by atoms with E-state index in [0.29, 0.717) is 17.9 Å². The Morgan fingerprint density at radius 3 is 2.23 bits per heavy atom. The van der Waals surface area contributed by atoms with Crippen LogP contribution in [0.1, 0.15) is 13.8 Å². The second-order valence-electron chi connectivity index (χ2n) is 4.56. The van der Waals surface area contributed by atoms with Crippen LogP contribution in [0.25, 0.3) is 0 Å². The number of primary amides is 1. The predicted molar refractivity (Wildman–Crippen MR) is 49.8 cm³/mol. The number of fused-ring (bicyclic) bond motifs is 1. The van der Waals surface area contributed by atoms with E-state index in [9.17, 15) is 4.79 Å². The van der Waals surface area contributed by atoms with Crippen molar-refractivity contribution in [2.24, 2.45) is 23.3 Å². The molecule has 0 aromatic carbocycles. The molecule has 1 saturated carbocycles. The first-order chi connectivity index (χ1) is 5.98. The van der Waals surface area contributed by atoms with Crippen LogP contribution in [0.3, 0.4) is 0 Å². The molecule has 3 atom stereocenters. The lowest BCUT2D eigenvalue weighted by Crippen LogP contribution is -2.48. The van der Waals surface area contributed by atoms with E-state index in [2.05, 4.69) is 18.7 Å². The molecule has 4 nitrogen and oxygen atoms in total. The van der Waals surface area contributed by atoms with E-state index in [1.165, 1.54) is 0 Å². The number of rotatable bonds is 2. The lowest BCUT2D eigenvalue weighted by Gasteiger charge is -2.25. The summed E-state index contributed by atoms with van der Waals surface area (Å²) in [7, 11) is 0. The van der Waals surface area contributed by atoms with Gasteiger partial charge in [-0.2, -0.15) is 0 Å². The number of piperidine rings is 1. The van der Waals surface area contributed by atoms with E-state index in [4.69, 9.17) is 11.5 Å². The van der Waals surface area contributed by atoms with Crippen LogP contribution in [0.4, 0.5) is 0 Å². The Kier molecular flexibility index (Phi) is 1.69. The molecule has 1 aliphatic heterocycles. The molecule has 0 bridgehead atoms. The van der Waals surface area contributed by atoms with Gasteiger partial charge in [0.15, 0.2) is 0 Å². The molecular weight excluding hydrogens is 166 g/mol. The quantitative estimate of drug-likeness (QED) is 0.585. The molecule has 2 fully saturated rings. The van der Waals surface area contributed by atoms with Gasteiger partial charge in [0.05, 0.1) is 0 Å². The third kappa shape index (κ3) is 1.02. The summed E-state index contributed by atoms with van der Waals surface area (Å²) in [4.78, 5) is 13.4. The number of nitrogens with zero attached hydrogens (tertiary/aromatic N) is 1.